The Labute approximate surface area is 202 Å². The van der Waals surface area contributed by atoms with E-state index in [1.165, 1.54) is 0 Å². The monoisotopic (exact) mass is 486 g/mol. The summed E-state index contributed by atoms with van der Waals surface area (Å²) in [5, 5.41) is 14.1. The third-order valence-electron chi connectivity index (χ3n) is 8.38. The molecular formula is C24H44F2N6O2. The number of rotatable bonds is 9. The molecule has 6 N–H and O–H groups in total. The maximum atomic E-state index is 14.1. The zero-order valence-corrected chi connectivity index (χ0v) is 20.5. The Kier molecular flexibility index (Phi) is 9.51. The fourth-order valence-electron chi connectivity index (χ4n) is 6.56. The second kappa shape index (κ2) is 12.4. The summed E-state index contributed by atoms with van der Waals surface area (Å²) in [5.74, 6) is 0.681. The van der Waals surface area contributed by atoms with Gasteiger partial charge in [0.25, 0.3) is 0 Å². The van der Waals surface area contributed by atoms with Crippen LogP contribution in [0.25, 0.3) is 0 Å². The van der Waals surface area contributed by atoms with Gasteiger partial charge in [0.1, 0.15) is 12.3 Å². The molecule has 2 saturated heterocycles. The van der Waals surface area contributed by atoms with E-state index in [9.17, 15) is 13.6 Å². The maximum Gasteiger partial charge on any atom is 0.223 e. The van der Waals surface area contributed by atoms with Gasteiger partial charge in [0.2, 0.25) is 5.91 Å². The van der Waals surface area contributed by atoms with Crippen LogP contribution in [0.5, 0.6) is 0 Å². The topological polar surface area (TPSA) is 104 Å². The van der Waals surface area contributed by atoms with E-state index in [0.717, 1.165) is 45.3 Å². The molecule has 0 aromatic rings. The molecule has 2 aliphatic heterocycles. The van der Waals surface area contributed by atoms with Gasteiger partial charge >= 0.3 is 0 Å². The molecule has 4 fully saturated rings. The number of hydrogen-bond donors (Lipinski definition) is 5. The van der Waals surface area contributed by atoms with Crippen molar-refractivity contribution in [3.63, 3.8) is 0 Å². The van der Waals surface area contributed by atoms with Crippen molar-refractivity contribution in [3.05, 3.63) is 0 Å². The number of nitrogens with two attached hydrogens (primary N) is 1. The molecule has 4 rings (SSSR count). The first-order valence-corrected chi connectivity index (χ1v) is 13.3. The molecule has 10 heteroatoms. The van der Waals surface area contributed by atoms with E-state index in [2.05, 4.69) is 33.1 Å². The summed E-state index contributed by atoms with van der Waals surface area (Å²) in [5.41, 5.74) is 5.41. The van der Waals surface area contributed by atoms with E-state index in [0.29, 0.717) is 51.1 Å². The molecule has 0 spiro atoms. The Bertz CT molecular complexity index is 661. The predicted molar refractivity (Wildman–Crippen MR) is 128 cm³/mol. The van der Waals surface area contributed by atoms with Crippen molar-refractivity contribution in [1.82, 2.24) is 26.2 Å². The van der Waals surface area contributed by atoms with Crippen molar-refractivity contribution in [3.8, 4) is 0 Å². The lowest BCUT2D eigenvalue weighted by Gasteiger charge is -2.45. The summed E-state index contributed by atoms with van der Waals surface area (Å²) in [4.78, 5) is 15.1. The maximum absolute atomic E-state index is 14.1. The lowest BCUT2D eigenvalue weighted by atomic mass is 9.77. The molecule has 196 valence electrons. The van der Waals surface area contributed by atoms with Crippen LogP contribution in [0.2, 0.25) is 0 Å². The number of fused-ring (bicyclic) bond motifs is 1. The standard InChI is InChI=1S/C24H44F2N6O2/c1-15-12-17(3-4-18(15)24(33)29-8-11-34-10-6-27)31-22-23-30-14-21(32(23)9-7-28-22)16-2-5-19(25)20(26)13-16/h15-23,28,30-31H,2-14,27H2,1H3,(H,29,33). The van der Waals surface area contributed by atoms with Crippen molar-refractivity contribution in [2.24, 2.45) is 23.5 Å². The number of alkyl halides is 2. The van der Waals surface area contributed by atoms with Crippen molar-refractivity contribution >= 4 is 5.91 Å². The first-order valence-electron chi connectivity index (χ1n) is 13.3. The average Bonchev–Trinajstić information content (AvgIpc) is 3.26. The lowest BCUT2D eigenvalue weighted by molar-refractivity contribution is -0.128. The van der Waals surface area contributed by atoms with Crippen LogP contribution >= 0.6 is 0 Å². The average molecular weight is 487 g/mol. The van der Waals surface area contributed by atoms with E-state index in [1.54, 1.807) is 0 Å². The Morgan fingerprint density at radius 3 is 2.74 bits per heavy atom. The number of nitrogens with one attached hydrogen (secondary N) is 4. The van der Waals surface area contributed by atoms with Crippen LogP contribution in [0.1, 0.15) is 45.4 Å². The highest BCUT2D eigenvalue weighted by atomic mass is 19.2. The number of piperazine rings is 1. The van der Waals surface area contributed by atoms with Crippen LogP contribution in [0.4, 0.5) is 8.78 Å². The molecule has 2 saturated carbocycles. The minimum atomic E-state index is -1.32. The summed E-state index contributed by atoms with van der Waals surface area (Å²) >= 11 is 0. The summed E-state index contributed by atoms with van der Waals surface area (Å²) in [6.07, 6.45) is 1.90. The Hall–Kier alpha value is -0.910. The highest BCUT2D eigenvalue weighted by Gasteiger charge is 2.46. The fraction of sp³-hybridized carbons (Fsp3) is 0.958. The zero-order valence-electron chi connectivity index (χ0n) is 20.5. The third-order valence-corrected chi connectivity index (χ3v) is 8.38. The molecule has 0 aromatic heterocycles. The van der Waals surface area contributed by atoms with Crippen LogP contribution in [0.3, 0.4) is 0 Å². The summed E-state index contributed by atoms with van der Waals surface area (Å²) in [7, 11) is 0. The number of ether oxygens (including phenoxy) is 1. The normalized spacial score (nSPS) is 41.2. The molecule has 1 amide bonds. The molecular weight excluding hydrogens is 442 g/mol. The second-order valence-corrected chi connectivity index (χ2v) is 10.6. The number of carbonyl (C=O) groups excluding carboxylic acids is 1. The van der Waals surface area contributed by atoms with E-state index in [4.69, 9.17) is 10.5 Å². The molecule has 9 unspecified atom stereocenters. The van der Waals surface area contributed by atoms with Crippen molar-refractivity contribution < 1.29 is 18.3 Å². The van der Waals surface area contributed by atoms with Gasteiger partial charge < -0.3 is 15.8 Å². The Morgan fingerprint density at radius 2 is 1.97 bits per heavy atom. The fourth-order valence-corrected chi connectivity index (χ4v) is 6.56. The van der Waals surface area contributed by atoms with Gasteiger partial charge in [-0.2, -0.15) is 0 Å². The third kappa shape index (κ3) is 6.25. The van der Waals surface area contributed by atoms with Gasteiger partial charge in [-0.05, 0) is 50.4 Å². The van der Waals surface area contributed by atoms with E-state index < -0.39 is 12.3 Å². The van der Waals surface area contributed by atoms with Gasteiger partial charge in [-0.3, -0.25) is 25.6 Å². The number of halogens is 2. The van der Waals surface area contributed by atoms with Crippen LogP contribution < -0.4 is 27.0 Å². The first kappa shape index (κ1) is 26.2. The summed E-state index contributed by atoms with van der Waals surface area (Å²) < 4.78 is 33.0. The summed E-state index contributed by atoms with van der Waals surface area (Å²) in [6.45, 7) is 6.82. The number of nitrogens with zero attached hydrogens (tertiary/aromatic N) is 1. The van der Waals surface area contributed by atoms with Crippen LogP contribution in [-0.4, -0.2) is 93.5 Å². The van der Waals surface area contributed by atoms with Crippen molar-refractivity contribution in [2.45, 2.75) is 82.2 Å². The molecule has 2 heterocycles. The van der Waals surface area contributed by atoms with Crippen LogP contribution in [-0.2, 0) is 9.53 Å². The molecule has 9 atom stereocenters. The minimum absolute atomic E-state index is 0.0386. The smallest absolute Gasteiger partial charge is 0.223 e. The predicted octanol–water partition coefficient (Wildman–Crippen LogP) is 0.478. The van der Waals surface area contributed by atoms with Gasteiger partial charge in [-0.25, -0.2) is 8.78 Å². The number of amides is 1. The second-order valence-electron chi connectivity index (χ2n) is 10.6. The molecule has 0 radical (unpaired) electrons. The van der Waals surface area contributed by atoms with E-state index in [1.807, 2.05) is 0 Å². The van der Waals surface area contributed by atoms with Gasteiger partial charge in [0.15, 0.2) is 0 Å². The molecule has 4 aliphatic rings. The van der Waals surface area contributed by atoms with E-state index >= 15 is 0 Å². The molecule has 0 aromatic carbocycles. The molecule has 8 nitrogen and oxygen atoms in total. The van der Waals surface area contributed by atoms with Crippen molar-refractivity contribution in [2.75, 3.05) is 45.9 Å². The number of hydrogen-bond acceptors (Lipinski definition) is 7. The summed E-state index contributed by atoms with van der Waals surface area (Å²) in [6, 6.07) is 0.622. The molecule has 34 heavy (non-hydrogen) atoms. The van der Waals surface area contributed by atoms with Crippen LogP contribution in [0.15, 0.2) is 0 Å². The van der Waals surface area contributed by atoms with Crippen LogP contribution in [0, 0.1) is 17.8 Å². The highest BCUT2D eigenvalue weighted by Crippen LogP contribution is 2.36. The molecule has 0 bridgehead atoms. The van der Waals surface area contributed by atoms with E-state index in [-0.39, 0.29) is 36.1 Å². The quantitative estimate of drug-likeness (QED) is 0.302. The zero-order chi connectivity index (χ0) is 24.1. The van der Waals surface area contributed by atoms with Crippen molar-refractivity contribution in [1.29, 1.82) is 0 Å². The Morgan fingerprint density at radius 1 is 1.12 bits per heavy atom. The largest absolute Gasteiger partial charge is 0.378 e. The van der Waals surface area contributed by atoms with Gasteiger partial charge in [-0.15, -0.1) is 0 Å². The highest BCUT2D eigenvalue weighted by molar-refractivity contribution is 5.79. The lowest BCUT2D eigenvalue weighted by Crippen LogP contribution is -2.67. The SMILES string of the molecule is CC1CC(NC2NCCN3C(C4CCC(F)C(F)C4)CNC23)CCC1C(=O)NCCOCCN. The van der Waals surface area contributed by atoms with Gasteiger partial charge in [0, 0.05) is 50.7 Å². The van der Waals surface area contributed by atoms with Gasteiger partial charge in [0.05, 0.1) is 25.5 Å². The minimum Gasteiger partial charge on any atom is -0.378 e. The number of carbonyl (C=O) groups is 1. The molecule has 2 aliphatic carbocycles. The first-order chi connectivity index (χ1) is 16.5. The van der Waals surface area contributed by atoms with Gasteiger partial charge in [-0.1, -0.05) is 6.92 Å². The Balaban J connectivity index is 1.23.